The lowest BCUT2D eigenvalue weighted by atomic mass is 9.91. The predicted octanol–water partition coefficient (Wildman–Crippen LogP) is 3.15. The lowest BCUT2D eigenvalue weighted by molar-refractivity contribution is -0.154. The largest absolute Gasteiger partial charge is 0.383 e. The molecule has 1 unspecified atom stereocenters. The van der Waals surface area contributed by atoms with Gasteiger partial charge in [0, 0.05) is 24.5 Å². The van der Waals surface area contributed by atoms with Crippen LogP contribution >= 0.6 is 0 Å². The second kappa shape index (κ2) is 9.79. The highest BCUT2D eigenvalue weighted by atomic mass is 19.1. The van der Waals surface area contributed by atoms with Crippen molar-refractivity contribution in [1.82, 2.24) is 14.8 Å². The zero-order valence-electron chi connectivity index (χ0n) is 20.3. The van der Waals surface area contributed by atoms with Crippen molar-refractivity contribution >= 4 is 29.2 Å². The Balaban J connectivity index is 1.89. The molecule has 0 spiro atoms. The lowest BCUT2D eigenvalue weighted by Crippen LogP contribution is -2.60. The van der Waals surface area contributed by atoms with Gasteiger partial charge in [-0.1, -0.05) is 39.8 Å². The van der Waals surface area contributed by atoms with Crippen molar-refractivity contribution < 1.29 is 18.8 Å². The molecule has 3 N–H and O–H groups in total. The van der Waals surface area contributed by atoms with Gasteiger partial charge in [-0.05, 0) is 42.7 Å². The fourth-order valence-corrected chi connectivity index (χ4v) is 4.07. The minimum absolute atomic E-state index is 0.0521. The molecule has 3 amide bonds. The number of aryl methyl sites for hydroxylation is 1. The topological polar surface area (TPSA) is 109 Å². The quantitative estimate of drug-likeness (QED) is 0.672. The van der Waals surface area contributed by atoms with Crippen molar-refractivity contribution in [3.63, 3.8) is 0 Å². The smallest absolute Gasteiger partial charge is 0.313 e. The molecule has 34 heavy (non-hydrogen) atoms. The Morgan fingerprint density at radius 2 is 1.79 bits per heavy atom. The number of halogens is 1. The molecule has 0 radical (unpaired) electrons. The van der Waals surface area contributed by atoms with E-state index >= 15 is 0 Å². The van der Waals surface area contributed by atoms with Gasteiger partial charge in [-0.25, -0.2) is 9.37 Å². The van der Waals surface area contributed by atoms with Crippen LogP contribution in [0.15, 0.2) is 36.5 Å². The molecule has 1 aliphatic heterocycles. The highest BCUT2D eigenvalue weighted by Crippen LogP contribution is 2.31. The SMILES string of the molecule is CCc1cc(NC(=O)C(=O)N2C[C@@H](C)N(C(=O)C(C)(C)C)CC2c2ccc(F)cc2)cnc1N. The van der Waals surface area contributed by atoms with E-state index in [0.717, 1.165) is 5.56 Å². The first-order valence-electron chi connectivity index (χ1n) is 11.3. The summed E-state index contributed by atoms with van der Waals surface area (Å²) >= 11 is 0. The number of carbonyl (C=O) groups excluding carboxylic acids is 3. The van der Waals surface area contributed by atoms with Gasteiger partial charge in [0.1, 0.15) is 11.6 Å². The Morgan fingerprint density at radius 3 is 2.38 bits per heavy atom. The molecular formula is C25H32FN5O3. The highest BCUT2D eigenvalue weighted by molar-refractivity contribution is 6.39. The summed E-state index contributed by atoms with van der Waals surface area (Å²) in [5.41, 5.74) is 7.00. The molecule has 2 aromatic rings. The van der Waals surface area contributed by atoms with E-state index in [1.54, 1.807) is 23.1 Å². The maximum atomic E-state index is 13.6. The maximum Gasteiger partial charge on any atom is 0.313 e. The molecule has 1 fully saturated rings. The average Bonchev–Trinajstić information content (AvgIpc) is 2.79. The summed E-state index contributed by atoms with van der Waals surface area (Å²) in [7, 11) is 0. The average molecular weight is 470 g/mol. The number of nitrogens with two attached hydrogens (primary N) is 1. The summed E-state index contributed by atoms with van der Waals surface area (Å²) in [5.74, 6) is -1.64. The molecule has 1 saturated heterocycles. The number of aromatic nitrogens is 1. The summed E-state index contributed by atoms with van der Waals surface area (Å²) < 4.78 is 13.6. The van der Waals surface area contributed by atoms with Crippen molar-refractivity contribution in [2.75, 3.05) is 24.1 Å². The van der Waals surface area contributed by atoms with E-state index in [1.807, 2.05) is 34.6 Å². The number of nitrogens with zero attached hydrogens (tertiary/aromatic N) is 3. The van der Waals surface area contributed by atoms with E-state index in [0.29, 0.717) is 23.5 Å². The van der Waals surface area contributed by atoms with E-state index in [4.69, 9.17) is 5.73 Å². The summed E-state index contributed by atoms with van der Waals surface area (Å²) in [6.45, 7) is 9.64. The van der Waals surface area contributed by atoms with Crippen LogP contribution in [0.1, 0.15) is 51.8 Å². The van der Waals surface area contributed by atoms with Crippen LogP contribution in [0.2, 0.25) is 0 Å². The number of nitrogens with one attached hydrogen (secondary N) is 1. The first-order chi connectivity index (χ1) is 15.9. The van der Waals surface area contributed by atoms with Crippen LogP contribution in [-0.2, 0) is 20.8 Å². The number of amides is 3. The molecule has 0 aliphatic carbocycles. The number of anilines is 2. The predicted molar refractivity (Wildman–Crippen MR) is 128 cm³/mol. The maximum absolute atomic E-state index is 13.6. The van der Waals surface area contributed by atoms with Crippen LogP contribution in [0.3, 0.4) is 0 Å². The molecule has 0 saturated carbocycles. The van der Waals surface area contributed by atoms with E-state index in [9.17, 15) is 18.8 Å². The summed E-state index contributed by atoms with van der Waals surface area (Å²) in [5, 5.41) is 2.61. The molecule has 3 rings (SSSR count). The van der Waals surface area contributed by atoms with Gasteiger partial charge >= 0.3 is 11.8 Å². The summed E-state index contributed by atoms with van der Waals surface area (Å²) in [6.07, 6.45) is 2.03. The van der Waals surface area contributed by atoms with Crippen molar-refractivity contribution in [1.29, 1.82) is 0 Å². The standard InChI is InChI=1S/C25H32FN5O3/c1-6-16-11-19(12-28-21(16)27)29-22(32)23(33)31-13-15(2)30(24(34)25(3,4)5)14-20(31)17-7-9-18(26)10-8-17/h7-12,15,20H,6,13-14H2,1-5H3,(H2,27,28)(H,29,32)/t15-,20?/m1/s1. The molecular weight excluding hydrogens is 437 g/mol. The van der Waals surface area contributed by atoms with Gasteiger partial charge in [-0.2, -0.15) is 0 Å². The highest BCUT2D eigenvalue weighted by Gasteiger charge is 2.41. The number of rotatable bonds is 3. The van der Waals surface area contributed by atoms with Crippen LogP contribution in [0.25, 0.3) is 0 Å². The van der Waals surface area contributed by atoms with Gasteiger partial charge in [-0.3, -0.25) is 14.4 Å². The normalized spacial score (nSPS) is 18.5. The van der Waals surface area contributed by atoms with Gasteiger partial charge < -0.3 is 20.9 Å². The molecule has 0 bridgehead atoms. The van der Waals surface area contributed by atoms with Gasteiger partial charge in [0.05, 0.1) is 17.9 Å². The second-order valence-corrected chi connectivity index (χ2v) is 9.66. The zero-order valence-corrected chi connectivity index (χ0v) is 20.3. The first-order valence-corrected chi connectivity index (χ1v) is 11.3. The van der Waals surface area contributed by atoms with Crippen LogP contribution in [0.4, 0.5) is 15.9 Å². The molecule has 2 atom stereocenters. The summed E-state index contributed by atoms with van der Waals surface area (Å²) in [6, 6.07) is 6.54. The van der Waals surface area contributed by atoms with Crippen molar-refractivity contribution in [3.8, 4) is 0 Å². The molecule has 1 aromatic heterocycles. The number of benzene rings is 1. The lowest BCUT2D eigenvalue weighted by Gasteiger charge is -2.46. The minimum Gasteiger partial charge on any atom is -0.383 e. The molecule has 1 aromatic carbocycles. The molecule has 9 heteroatoms. The van der Waals surface area contributed by atoms with Gasteiger partial charge in [0.25, 0.3) is 0 Å². The molecule has 8 nitrogen and oxygen atoms in total. The van der Waals surface area contributed by atoms with Crippen LogP contribution < -0.4 is 11.1 Å². The Kier molecular flexibility index (Phi) is 7.24. The Morgan fingerprint density at radius 1 is 1.15 bits per heavy atom. The molecule has 1 aliphatic rings. The number of nitrogen functional groups attached to an aromatic ring is 1. The van der Waals surface area contributed by atoms with E-state index in [1.165, 1.54) is 23.2 Å². The minimum atomic E-state index is -0.816. The Bertz CT molecular complexity index is 1080. The van der Waals surface area contributed by atoms with Gasteiger partial charge in [-0.15, -0.1) is 0 Å². The Hall–Kier alpha value is -3.49. The molecule has 2 heterocycles. The van der Waals surface area contributed by atoms with E-state index in [-0.39, 0.29) is 25.0 Å². The number of carbonyl (C=O) groups is 3. The zero-order chi connectivity index (χ0) is 25.2. The van der Waals surface area contributed by atoms with Crippen molar-refractivity contribution in [3.05, 3.63) is 53.5 Å². The summed E-state index contributed by atoms with van der Waals surface area (Å²) in [4.78, 5) is 46.5. The van der Waals surface area contributed by atoms with Gasteiger partial charge in [0.2, 0.25) is 5.91 Å². The molecule has 182 valence electrons. The van der Waals surface area contributed by atoms with E-state index < -0.39 is 29.1 Å². The van der Waals surface area contributed by atoms with Crippen LogP contribution in [-0.4, -0.2) is 51.6 Å². The first kappa shape index (κ1) is 25.1. The fourth-order valence-electron chi connectivity index (χ4n) is 4.07. The fraction of sp³-hybridized carbons (Fsp3) is 0.440. The number of pyridine rings is 1. The third-order valence-electron chi connectivity index (χ3n) is 5.99. The number of piperazine rings is 1. The van der Waals surface area contributed by atoms with Gasteiger partial charge in [0.15, 0.2) is 0 Å². The third-order valence-corrected chi connectivity index (χ3v) is 5.99. The van der Waals surface area contributed by atoms with E-state index in [2.05, 4.69) is 10.3 Å². The van der Waals surface area contributed by atoms with Crippen molar-refractivity contribution in [2.24, 2.45) is 5.41 Å². The van der Waals surface area contributed by atoms with Crippen LogP contribution in [0, 0.1) is 11.2 Å². The van der Waals surface area contributed by atoms with Crippen molar-refractivity contribution in [2.45, 2.75) is 53.1 Å². The van der Waals surface area contributed by atoms with Crippen LogP contribution in [0.5, 0.6) is 0 Å². The number of hydrogen-bond acceptors (Lipinski definition) is 5. The number of hydrogen-bond donors (Lipinski definition) is 2. The monoisotopic (exact) mass is 469 g/mol. The Labute approximate surface area is 199 Å². The second-order valence-electron chi connectivity index (χ2n) is 9.66. The third kappa shape index (κ3) is 5.35.